The summed E-state index contributed by atoms with van der Waals surface area (Å²) in [5.74, 6) is 0.414. The third kappa shape index (κ3) is 1.77. The summed E-state index contributed by atoms with van der Waals surface area (Å²) in [5, 5.41) is 18.9. The Morgan fingerprint density at radius 3 is 2.80 bits per heavy atom. The molecule has 0 amide bonds. The van der Waals surface area contributed by atoms with Gasteiger partial charge in [0.05, 0.1) is 18.8 Å². The van der Waals surface area contributed by atoms with E-state index in [1.807, 2.05) is 0 Å². The lowest BCUT2D eigenvalue weighted by molar-refractivity contribution is 0.398. The zero-order valence-corrected chi connectivity index (χ0v) is 8.08. The minimum Gasteiger partial charge on any atom is -0.481 e. The van der Waals surface area contributed by atoms with Crippen molar-refractivity contribution in [1.82, 2.24) is 9.97 Å². The molecule has 2 N–H and O–H groups in total. The number of aromatic nitrogens is 2. The smallest absolute Gasteiger partial charge is 0.481 e. The highest BCUT2D eigenvalue weighted by atomic mass is 16.5. The van der Waals surface area contributed by atoms with Gasteiger partial charge in [-0.2, -0.15) is 0 Å². The highest BCUT2D eigenvalue weighted by molar-refractivity contribution is 6.61. The number of hydrogen-bond donors (Lipinski definition) is 2. The second-order valence-corrected chi connectivity index (χ2v) is 3.02. The van der Waals surface area contributed by atoms with E-state index < -0.39 is 7.12 Å². The molecule has 0 aliphatic rings. The maximum Gasteiger partial charge on any atom is 0.489 e. The lowest BCUT2D eigenvalue weighted by Crippen LogP contribution is -2.30. The zero-order valence-electron chi connectivity index (χ0n) is 8.08. The van der Waals surface area contributed by atoms with Gasteiger partial charge in [0.2, 0.25) is 5.88 Å². The van der Waals surface area contributed by atoms with E-state index in [0.29, 0.717) is 22.2 Å². The second kappa shape index (κ2) is 3.84. The van der Waals surface area contributed by atoms with Crippen molar-refractivity contribution in [3.05, 3.63) is 24.5 Å². The van der Waals surface area contributed by atoms with Crippen molar-refractivity contribution in [2.75, 3.05) is 7.11 Å². The average Bonchev–Trinajstić information content (AvgIpc) is 2.27. The molecular formula is C9H9BN2O3. The summed E-state index contributed by atoms with van der Waals surface area (Å²) in [6.07, 6.45) is 3.03. The maximum atomic E-state index is 9.15. The van der Waals surface area contributed by atoms with Crippen LogP contribution in [0.15, 0.2) is 24.5 Å². The Bertz CT molecular complexity index is 490. The molecule has 0 aliphatic heterocycles. The first-order valence-electron chi connectivity index (χ1n) is 4.37. The molecule has 0 aromatic carbocycles. The van der Waals surface area contributed by atoms with Gasteiger partial charge in [0, 0.05) is 17.6 Å². The molecule has 0 saturated heterocycles. The largest absolute Gasteiger partial charge is 0.489 e. The topological polar surface area (TPSA) is 75.5 Å². The van der Waals surface area contributed by atoms with E-state index in [1.165, 1.54) is 19.5 Å². The Kier molecular flexibility index (Phi) is 2.53. The normalized spacial score (nSPS) is 10.3. The van der Waals surface area contributed by atoms with E-state index in [9.17, 15) is 0 Å². The molecule has 6 heteroatoms. The van der Waals surface area contributed by atoms with E-state index in [0.717, 1.165) is 0 Å². The number of hydrogen-bond acceptors (Lipinski definition) is 5. The lowest BCUT2D eigenvalue weighted by Gasteiger charge is -2.05. The molecule has 0 spiro atoms. The Balaban J connectivity index is 2.70. The predicted molar refractivity (Wildman–Crippen MR) is 55.9 cm³/mol. The SMILES string of the molecule is COc1cc2c(B(O)O)ccnc2cn1. The van der Waals surface area contributed by atoms with Crippen LogP contribution in [-0.4, -0.2) is 34.2 Å². The van der Waals surface area contributed by atoms with Crippen molar-refractivity contribution in [3.8, 4) is 5.88 Å². The van der Waals surface area contributed by atoms with Gasteiger partial charge in [-0.25, -0.2) is 4.98 Å². The van der Waals surface area contributed by atoms with E-state index in [-0.39, 0.29) is 0 Å². The fourth-order valence-corrected chi connectivity index (χ4v) is 1.39. The van der Waals surface area contributed by atoms with Crippen LogP contribution in [0.25, 0.3) is 10.9 Å². The van der Waals surface area contributed by atoms with Crippen LogP contribution in [-0.2, 0) is 0 Å². The van der Waals surface area contributed by atoms with Crippen LogP contribution in [0.3, 0.4) is 0 Å². The van der Waals surface area contributed by atoms with Crippen LogP contribution in [0, 0.1) is 0 Å². The van der Waals surface area contributed by atoms with Gasteiger partial charge >= 0.3 is 7.12 Å². The average molecular weight is 204 g/mol. The van der Waals surface area contributed by atoms with Crippen molar-refractivity contribution < 1.29 is 14.8 Å². The molecule has 76 valence electrons. The maximum absolute atomic E-state index is 9.15. The number of pyridine rings is 2. The van der Waals surface area contributed by atoms with Crippen molar-refractivity contribution in [1.29, 1.82) is 0 Å². The van der Waals surface area contributed by atoms with Gasteiger partial charge in [-0.05, 0) is 11.5 Å². The molecule has 15 heavy (non-hydrogen) atoms. The quantitative estimate of drug-likeness (QED) is 0.633. The van der Waals surface area contributed by atoms with Crippen LogP contribution < -0.4 is 10.2 Å². The van der Waals surface area contributed by atoms with E-state index in [1.54, 1.807) is 12.1 Å². The fourth-order valence-electron chi connectivity index (χ4n) is 1.39. The molecule has 0 radical (unpaired) electrons. The summed E-state index contributed by atoms with van der Waals surface area (Å²) in [5.41, 5.74) is 0.988. The van der Waals surface area contributed by atoms with Crippen LogP contribution in [0.5, 0.6) is 5.88 Å². The number of rotatable bonds is 2. The lowest BCUT2D eigenvalue weighted by atomic mass is 9.78. The molecule has 2 rings (SSSR count). The minimum atomic E-state index is -1.53. The van der Waals surface area contributed by atoms with Crippen molar-refractivity contribution in [2.24, 2.45) is 0 Å². The first kappa shape index (κ1) is 9.88. The van der Waals surface area contributed by atoms with Crippen LogP contribution in [0.4, 0.5) is 0 Å². The Hall–Kier alpha value is -1.66. The molecule has 2 aromatic rings. The second-order valence-electron chi connectivity index (χ2n) is 3.02. The van der Waals surface area contributed by atoms with Gasteiger partial charge in [-0.3, -0.25) is 4.98 Å². The van der Waals surface area contributed by atoms with E-state index in [4.69, 9.17) is 14.8 Å². The van der Waals surface area contributed by atoms with Crippen molar-refractivity contribution >= 4 is 23.5 Å². The summed E-state index contributed by atoms with van der Waals surface area (Å²) < 4.78 is 4.95. The highest BCUT2D eigenvalue weighted by Gasteiger charge is 2.15. The fraction of sp³-hybridized carbons (Fsp3) is 0.111. The Morgan fingerprint density at radius 2 is 2.13 bits per heavy atom. The minimum absolute atomic E-state index is 0.390. The number of fused-ring (bicyclic) bond motifs is 1. The van der Waals surface area contributed by atoms with Gasteiger partial charge in [0.25, 0.3) is 0 Å². The van der Waals surface area contributed by atoms with Crippen molar-refractivity contribution in [2.45, 2.75) is 0 Å². The first-order valence-corrected chi connectivity index (χ1v) is 4.37. The summed E-state index contributed by atoms with van der Waals surface area (Å²) in [7, 11) is -0.0258. The molecule has 5 nitrogen and oxygen atoms in total. The number of nitrogens with zero attached hydrogens (tertiary/aromatic N) is 2. The molecular weight excluding hydrogens is 195 g/mol. The summed E-state index contributed by atoms with van der Waals surface area (Å²) >= 11 is 0. The van der Waals surface area contributed by atoms with E-state index in [2.05, 4.69) is 9.97 Å². The van der Waals surface area contributed by atoms with Gasteiger partial charge in [0.1, 0.15) is 0 Å². The number of ether oxygens (including phenoxy) is 1. The van der Waals surface area contributed by atoms with Gasteiger partial charge < -0.3 is 14.8 Å². The standard InChI is InChI=1S/C9H9BN2O3/c1-15-9-4-6-7(10(13)14)2-3-11-8(6)5-12-9/h2-5,13-14H,1H3. The third-order valence-electron chi connectivity index (χ3n) is 2.12. The molecule has 0 saturated carbocycles. The molecule has 0 aliphatic carbocycles. The van der Waals surface area contributed by atoms with Crippen LogP contribution in [0.1, 0.15) is 0 Å². The van der Waals surface area contributed by atoms with Crippen LogP contribution in [0.2, 0.25) is 0 Å². The van der Waals surface area contributed by atoms with Gasteiger partial charge in [-0.15, -0.1) is 0 Å². The van der Waals surface area contributed by atoms with Gasteiger partial charge in [-0.1, -0.05) is 0 Å². The Morgan fingerprint density at radius 1 is 1.33 bits per heavy atom. The zero-order chi connectivity index (χ0) is 10.8. The Labute approximate surface area is 86.5 Å². The highest BCUT2D eigenvalue weighted by Crippen LogP contribution is 2.13. The molecule has 0 fully saturated rings. The monoisotopic (exact) mass is 204 g/mol. The summed E-state index contributed by atoms with van der Waals surface area (Å²) in [4.78, 5) is 8.04. The molecule has 2 aromatic heterocycles. The molecule has 2 heterocycles. The third-order valence-corrected chi connectivity index (χ3v) is 2.12. The summed E-state index contributed by atoms with van der Waals surface area (Å²) in [6.45, 7) is 0. The van der Waals surface area contributed by atoms with E-state index >= 15 is 0 Å². The van der Waals surface area contributed by atoms with Gasteiger partial charge in [0.15, 0.2) is 0 Å². The summed E-state index contributed by atoms with van der Waals surface area (Å²) in [6, 6.07) is 3.17. The molecule has 0 bridgehead atoms. The molecule has 0 unspecified atom stereocenters. The first-order chi connectivity index (χ1) is 7.22. The predicted octanol–water partition coefficient (Wildman–Crippen LogP) is -0.682. The number of methoxy groups -OCH3 is 1. The van der Waals surface area contributed by atoms with Crippen LogP contribution >= 0.6 is 0 Å². The molecule has 0 atom stereocenters. The van der Waals surface area contributed by atoms with Crippen molar-refractivity contribution in [3.63, 3.8) is 0 Å².